The van der Waals surface area contributed by atoms with Gasteiger partial charge in [0.15, 0.2) is 0 Å². The van der Waals surface area contributed by atoms with Gasteiger partial charge in [0.25, 0.3) is 0 Å². The van der Waals surface area contributed by atoms with Crippen LogP contribution in [0.5, 0.6) is 0 Å². The van der Waals surface area contributed by atoms with Crippen molar-refractivity contribution in [3.8, 4) is 0 Å². The Labute approximate surface area is 49.9 Å². The van der Waals surface area contributed by atoms with Crippen molar-refractivity contribution < 1.29 is 0 Å². The Bertz CT molecular complexity index is 124. The van der Waals surface area contributed by atoms with Crippen LogP contribution in [0.25, 0.3) is 0 Å². The molecule has 0 aliphatic heterocycles. The first-order valence-electron chi connectivity index (χ1n) is 2.89. The summed E-state index contributed by atoms with van der Waals surface area (Å²) in [5, 5.41) is 0. The van der Waals surface area contributed by atoms with Gasteiger partial charge < -0.3 is 5.73 Å². The molecule has 0 saturated heterocycles. The Balaban J connectivity index is 2.53. The van der Waals surface area contributed by atoms with Crippen LogP contribution in [0, 0.1) is 5.92 Å². The van der Waals surface area contributed by atoms with Crippen molar-refractivity contribution in [3.63, 3.8) is 0 Å². The van der Waals surface area contributed by atoms with E-state index in [-0.39, 0.29) is 0 Å². The van der Waals surface area contributed by atoms with Crippen molar-refractivity contribution in [1.82, 2.24) is 0 Å². The molecule has 1 nitrogen and oxygen atoms in total. The summed E-state index contributed by atoms with van der Waals surface area (Å²) in [4.78, 5) is 0. The first-order valence-corrected chi connectivity index (χ1v) is 2.89. The molecule has 0 aromatic heterocycles. The third kappa shape index (κ3) is 0.819. The molecule has 0 amide bonds. The largest absolute Gasteiger partial charge is 0.330 e. The smallest absolute Gasteiger partial charge is 0.0100 e. The molecule has 0 aromatic carbocycles. The average Bonchev–Trinajstić information content (AvgIpc) is 2.14. The van der Waals surface area contributed by atoms with Gasteiger partial charge in [-0.2, -0.15) is 0 Å². The summed E-state index contributed by atoms with van der Waals surface area (Å²) in [6.07, 6.45) is 5.28. The van der Waals surface area contributed by atoms with Crippen molar-refractivity contribution in [3.05, 3.63) is 24.3 Å². The van der Waals surface area contributed by atoms with E-state index in [2.05, 4.69) is 18.7 Å². The molecular formula is C7H11N. The van der Waals surface area contributed by atoms with Crippen LogP contribution in [0.4, 0.5) is 0 Å². The maximum Gasteiger partial charge on any atom is 0.0100 e. The van der Waals surface area contributed by atoms with Crippen LogP contribution >= 0.6 is 0 Å². The fourth-order valence-electron chi connectivity index (χ4n) is 0.916. The fraction of sp³-hybridized carbons (Fsp3) is 0.429. The number of hydrogen-bond acceptors (Lipinski definition) is 1. The Hall–Kier alpha value is -0.560. The molecule has 1 rings (SSSR count). The van der Waals surface area contributed by atoms with Gasteiger partial charge in [0.1, 0.15) is 0 Å². The molecule has 1 heteroatoms. The van der Waals surface area contributed by atoms with Crippen molar-refractivity contribution in [2.45, 2.75) is 6.42 Å². The second-order valence-electron chi connectivity index (χ2n) is 2.13. The first kappa shape index (κ1) is 5.57. The molecule has 44 valence electrons. The minimum Gasteiger partial charge on any atom is -0.330 e. The molecule has 2 N–H and O–H groups in total. The highest BCUT2D eigenvalue weighted by atomic mass is 14.5. The molecule has 1 aliphatic carbocycles. The third-order valence-corrected chi connectivity index (χ3v) is 1.53. The molecule has 0 saturated carbocycles. The van der Waals surface area contributed by atoms with E-state index in [9.17, 15) is 0 Å². The van der Waals surface area contributed by atoms with Gasteiger partial charge in [-0.05, 0) is 6.42 Å². The van der Waals surface area contributed by atoms with E-state index in [1.165, 1.54) is 5.57 Å². The number of allylic oxidation sites excluding steroid dienone is 1. The van der Waals surface area contributed by atoms with Crippen LogP contribution < -0.4 is 5.73 Å². The molecule has 1 aliphatic rings. The Morgan fingerprint density at radius 1 is 1.88 bits per heavy atom. The van der Waals surface area contributed by atoms with E-state index in [1.54, 1.807) is 0 Å². The predicted molar refractivity (Wildman–Crippen MR) is 35.4 cm³/mol. The zero-order valence-electron chi connectivity index (χ0n) is 4.93. The van der Waals surface area contributed by atoms with Crippen molar-refractivity contribution in [1.29, 1.82) is 0 Å². The van der Waals surface area contributed by atoms with Gasteiger partial charge in [0.05, 0.1) is 0 Å². The third-order valence-electron chi connectivity index (χ3n) is 1.53. The normalized spacial score (nSPS) is 27.1. The van der Waals surface area contributed by atoms with E-state index >= 15 is 0 Å². The zero-order chi connectivity index (χ0) is 5.98. The molecule has 0 fully saturated rings. The van der Waals surface area contributed by atoms with Crippen LogP contribution in [0.15, 0.2) is 24.3 Å². The lowest BCUT2D eigenvalue weighted by molar-refractivity contribution is 0.784. The van der Waals surface area contributed by atoms with Crippen LogP contribution in [-0.4, -0.2) is 6.54 Å². The maximum atomic E-state index is 5.41. The van der Waals surface area contributed by atoms with Gasteiger partial charge in [-0.25, -0.2) is 0 Å². The number of rotatable bonds is 1. The van der Waals surface area contributed by atoms with Crippen LogP contribution in [0.2, 0.25) is 0 Å². The highest BCUT2D eigenvalue weighted by molar-refractivity contribution is 5.20. The SMILES string of the molecule is C=C1CC=CC1CN. The molecule has 8 heavy (non-hydrogen) atoms. The lowest BCUT2D eigenvalue weighted by atomic mass is 10.1. The second kappa shape index (κ2) is 2.14. The lowest BCUT2D eigenvalue weighted by Gasteiger charge is -2.03. The minimum absolute atomic E-state index is 0.468. The topological polar surface area (TPSA) is 26.0 Å². The summed E-state index contributed by atoms with van der Waals surface area (Å²) in [5.74, 6) is 0.468. The molecule has 0 aromatic rings. The highest BCUT2D eigenvalue weighted by Gasteiger charge is 2.09. The van der Waals surface area contributed by atoms with Gasteiger partial charge >= 0.3 is 0 Å². The van der Waals surface area contributed by atoms with Crippen molar-refractivity contribution in [2.75, 3.05) is 6.54 Å². The van der Waals surface area contributed by atoms with Gasteiger partial charge in [0.2, 0.25) is 0 Å². The molecule has 0 heterocycles. The molecule has 0 radical (unpaired) electrons. The van der Waals surface area contributed by atoms with Gasteiger partial charge in [0, 0.05) is 12.5 Å². The summed E-state index contributed by atoms with van der Waals surface area (Å²) < 4.78 is 0. The van der Waals surface area contributed by atoms with E-state index in [0.717, 1.165) is 13.0 Å². The summed E-state index contributed by atoms with van der Waals surface area (Å²) in [7, 11) is 0. The summed E-state index contributed by atoms with van der Waals surface area (Å²) >= 11 is 0. The van der Waals surface area contributed by atoms with Crippen molar-refractivity contribution >= 4 is 0 Å². The molecule has 1 unspecified atom stereocenters. The average molecular weight is 109 g/mol. The van der Waals surface area contributed by atoms with Crippen LogP contribution in [0.3, 0.4) is 0 Å². The summed E-state index contributed by atoms with van der Waals surface area (Å²) in [6.45, 7) is 4.58. The Morgan fingerprint density at radius 2 is 2.62 bits per heavy atom. The molecule has 0 bridgehead atoms. The minimum atomic E-state index is 0.468. The monoisotopic (exact) mass is 109 g/mol. The zero-order valence-corrected chi connectivity index (χ0v) is 4.93. The standard InChI is InChI=1S/C7H11N/c1-6-3-2-4-7(6)5-8/h2,4,7H,1,3,5,8H2. The van der Waals surface area contributed by atoms with Crippen molar-refractivity contribution in [2.24, 2.45) is 11.7 Å². The van der Waals surface area contributed by atoms with E-state index in [0.29, 0.717) is 5.92 Å². The molecule has 1 atom stereocenters. The molecule has 0 spiro atoms. The highest BCUT2D eigenvalue weighted by Crippen LogP contribution is 2.20. The van der Waals surface area contributed by atoms with Crippen LogP contribution in [0.1, 0.15) is 6.42 Å². The second-order valence-corrected chi connectivity index (χ2v) is 2.13. The maximum absolute atomic E-state index is 5.41. The van der Waals surface area contributed by atoms with Gasteiger partial charge in [-0.15, -0.1) is 0 Å². The lowest BCUT2D eigenvalue weighted by Crippen LogP contribution is -2.10. The van der Waals surface area contributed by atoms with Gasteiger partial charge in [-0.1, -0.05) is 24.3 Å². The first-order chi connectivity index (χ1) is 3.84. The summed E-state index contributed by atoms with van der Waals surface area (Å²) in [5.41, 5.74) is 6.67. The predicted octanol–water partition coefficient (Wildman–Crippen LogP) is 1.08. The van der Waals surface area contributed by atoms with E-state index in [4.69, 9.17) is 5.73 Å². The quantitative estimate of drug-likeness (QED) is 0.501. The Kier molecular flexibility index (Phi) is 1.49. The van der Waals surface area contributed by atoms with E-state index in [1.807, 2.05) is 0 Å². The van der Waals surface area contributed by atoms with Crippen LogP contribution in [-0.2, 0) is 0 Å². The number of nitrogens with two attached hydrogens (primary N) is 1. The van der Waals surface area contributed by atoms with E-state index < -0.39 is 0 Å². The number of hydrogen-bond donors (Lipinski definition) is 1. The molecular weight excluding hydrogens is 98.1 g/mol. The Morgan fingerprint density at radius 3 is 2.88 bits per heavy atom. The summed E-state index contributed by atoms with van der Waals surface area (Å²) in [6, 6.07) is 0. The van der Waals surface area contributed by atoms with Gasteiger partial charge in [-0.3, -0.25) is 0 Å². The fourth-order valence-corrected chi connectivity index (χ4v) is 0.916.